The highest BCUT2D eigenvalue weighted by Gasteiger charge is 2.16. The average molecular weight is 236 g/mol. The second-order valence-electron chi connectivity index (χ2n) is 3.78. The summed E-state index contributed by atoms with van der Waals surface area (Å²) in [7, 11) is 0. The topological polar surface area (TPSA) is 64.4 Å². The zero-order chi connectivity index (χ0) is 12.8. The van der Waals surface area contributed by atoms with Crippen molar-refractivity contribution >= 4 is 11.4 Å². The molecule has 0 amide bonds. The van der Waals surface area contributed by atoms with Crippen LogP contribution in [0.5, 0.6) is 5.75 Å². The van der Waals surface area contributed by atoms with E-state index in [1.54, 1.807) is 18.2 Å². The summed E-state index contributed by atoms with van der Waals surface area (Å²) in [5, 5.41) is 13.9. The molecule has 0 saturated carbocycles. The maximum absolute atomic E-state index is 10.8. The van der Waals surface area contributed by atoms with Gasteiger partial charge in [-0.1, -0.05) is 6.08 Å². The molecule has 0 spiro atoms. The fraction of sp³-hybridized carbons (Fsp3) is 0.333. The van der Waals surface area contributed by atoms with Crippen LogP contribution in [0.2, 0.25) is 0 Å². The molecule has 1 aromatic rings. The smallest absolute Gasteiger partial charge is 0.311 e. The third-order valence-electron chi connectivity index (χ3n) is 1.97. The number of nitrogens with zero attached hydrogens (tertiary/aromatic N) is 1. The van der Waals surface area contributed by atoms with Crippen molar-refractivity contribution in [1.82, 2.24) is 0 Å². The van der Waals surface area contributed by atoms with Crippen LogP contribution in [-0.4, -0.2) is 17.6 Å². The number of benzene rings is 1. The second kappa shape index (κ2) is 5.89. The highest BCUT2D eigenvalue weighted by atomic mass is 16.6. The Morgan fingerprint density at radius 3 is 2.82 bits per heavy atom. The van der Waals surface area contributed by atoms with Crippen LogP contribution < -0.4 is 10.1 Å². The van der Waals surface area contributed by atoms with E-state index >= 15 is 0 Å². The largest absolute Gasteiger partial charge is 0.484 e. The zero-order valence-electron chi connectivity index (χ0n) is 9.97. The molecule has 0 unspecified atom stereocenters. The van der Waals surface area contributed by atoms with Crippen LogP contribution in [0.25, 0.3) is 0 Å². The third-order valence-corrected chi connectivity index (χ3v) is 1.97. The maximum atomic E-state index is 10.8. The minimum atomic E-state index is -0.449. The molecule has 92 valence electrons. The molecule has 0 fully saturated rings. The van der Waals surface area contributed by atoms with Crippen LogP contribution in [0.15, 0.2) is 30.9 Å². The first kappa shape index (κ1) is 13.0. The monoisotopic (exact) mass is 236 g/mol. The first-order valence-corrected chi connectivity index (χ1v) is 5.34. The van der Waals surface area contributed by atoms with Crippen molar-refractivity contribution in [3.05, 3.63) is 41.0 Å². The summed E-state index contributed by atoms with van der Waals surface area (Å²) < 4.78 is 5.42. The van der Waals surface area contributed by atoms with Crippen LogP contribution in [0.4, 0.5) is 11.4 Å². The summed E-state index contributed by atoms with van der Waals surface area (Å²) in [6, 6.07) is 4.71. The van der Waals surface area contributed by atoms with Gasteiger partial charge in [-0.25, -0.2) is 0 Å². The highest BCUT2D eigenvalue weighted by molar-refractivity contribution is 5.58. The van der Waals surface area contributed by atoms with E-state index in [1.807, 2.05) is 13.8 Å². The van der Waals surface area contributed by atoms with Gasteiger partial charge in [0, 0.05) is 24.4 Å². The Hall–Kier alpha value is -2.04. The van der Waals surface area contributed by atoms with Crippen molar-refractivity contribution in [3.63, 3.8) is 0 Å². The number of rotatable bonds is 6. The molecular formula is C12H16N2O3. The fourth-order valence-electron chi connectivity index (χ4n) is 1.31. The summed E-state index contributed by atoms with van der Waals surface area (Å²) in [6.45, 7) is 7.84. The van der Waals surface area contributed by atoms with Gasteiger partial charge < -0.3 is 10.1 Å². The van der Waals surface area contributed by atoms with Gasteiger partial charge in [0.15, 0.2) is 5.75 Å². The molecule has 0 atom stereocenters. The van der Waals surface area contributed by atoms with Crippen LogP contribution in [0.1, 0.15) is 13.8 Å². The number of hydrogen-bond donors (Lipinski definition) is 1. The van der Waals surface area contributed by atoms with E-state index in [0.29, 0.717) is 6.54 Å². The Morgan fingerprint density at radius 1 is 1.59 bits per heavy atom. The second-order valence-corrected chi connectivity index (χ2v) is 3.78. The van der Waals surface area contributed by atoms with Gasteiger partial charge >= 0.3 is 5.69 Å². The number of anilines is 1. The first-order chi connectivity index (χ1) is 8.04. The molecule has 0 aliphatic heterocycles. The first-order valence-electron chi connectivity index (χ1n) is 5.34. The number of nitro groups is 1. The minimum Gasteiger partial charge on any atom is -0.484 e. The van der Waals surface area contributed by atoms with Gasteiger partial charge in [0.05, 0.1) is 11.0 Å². The van der Waals surface area contributed by atoms with Crippen LogP contribution in [0.3, 0.4) is 0 Å². The predicted octanol–water partition coefficient (Wildman–Crippen LogP) is 2.98. The third kappa shape index (κ3) is 3.79. The summed E-state index contributed by atoms with van der Waals surface area (Å²) in [5.41, 5.74) is 0.744. The quantitative estimate of drug-likeness (QED) is 0.468. The molecule has 1 rings (SSSR count). The molecule has 5 heteroatoms. The van der Waals surface area contributed by atoms with Crippen molar-refractivity contribution < 1.29 is 9.66 Å². The molecule has 1 N–H and O–H groups in total. The molecule has 0 aliphatic rings. The molecule has 0 heterocycles. The Kier molecular flexibility index (Phi) is 4.51. The highest BCUT2D eigenvalue weighted by Crippen LogP contribution is 2.30. The Balaban J connectivity index is 3.00. The van der Waals surface area contributed by atoms with Gasteiger partial charge in [0.1, 0.15) is 0 Å². The number of nitrogens with one attached hydrogen (secondary N) is 1. The van der Waals surface area contributed by atoms with E-state index in [-0.39, 0.29) is 17.5 Å². The van der Waals surface area contributed by atoms with Crippen LogP contribution in [-0.2, 0) is 0 Å². The molecule has 0 aromatic heterocycles. The van der Waals surface area contributed by atoms with Gasteiger partial charge in [0.2, 0.25) is 0 Å². The standard InChI is InChI=1S/C12H16N2O3/c1-4-7-13-10-5-6-11(14(15)16)12(8-10)17-9(2)3/h4-6,8-9,13H,1,7H2,2-3H3. The van der Waals surface area contributed by atoms with E-state index in [4.69, 9.17) is 4.74 Å². The predicted molar refractivity (Wildman–Crippen MR) is 67.5 cm³/mol. The number of ether oxygens (including phenoxy) is 1. The maximum Gasteiger partial charge on any atom is 0.311 e. The van der Waals surface area contributed by atoms with Gasteiger partial charge in [-0.2, -0.15) is 0 Å². The lowest BCUT2D eigenvalue weighted by Gasteiger charge is -2.11. The molecule has 1 aromatic carbocycles. The summed E-state index contributed by atoms with van der Waals surface area (Å²) in [6.07, 6.45) is 1.60. The molecule has 0 bridgehead atoms. The van der Waals surface area contributed by atoms with Crippen LogP contribution >= 0.6 is 0 Å². The Labute approximate surface area is 100 Å². The van der Waals surface area contributed by atoms with Crippen molar-refractivity contribution in [3.8, 4) is 5.75 Å². The summed E-state index contributed by atoms with van der Waals surface area (Å²) in [5.74, 6) is 0.277. The Bertz CT molecular complexity index is 416. The lowest BCUT2D eigenvalue weighted by molar-refractivity contribution is -0.386. The van der Waals surface area contributed by atoms with Gasteiger partial charge in [0.25, 0.3) is 0 Å². The molecule has 0 radical (unpaired) electrons. The average Bonchev–Trinajstić information content (AvgIpc) is 2.25. The molecule has 5 nitrogen and oxygen atoms in total. The Morgan fingerprint density at radius 2 is 2.29 bits per heavy atom. The molecule has 17 heavy (non-hydrogen) atoms. The summed E-state index contributed by atoms with van der Waals surface area (Å²) >= 11 is 0. The van der Waals surface area contributed by atoms with Gasteiger partial charge in [-0.15, -0.1) is 6.58 Å². The van der Waals surface area contributed by atoms with E-state index in [2.05, 4.69) is 11.9 Å². The molecule has 0 saturated heterocycles. The van der Waals surface area contributed by atoms with E-state index in [0.717, 1.165) is 5.69 Å². The minimum absolute atomic E-state index is 0.0251. The van der Waals surface area contributed by atoms with Gasteiger partial charge in [-0.05, 0) is 19.9 Å². The summed E-state index contributed by atoms with van der Waals surface area (Å²) in [4.78, 5) is 10.4. The van der Waals surface area contributed by atoms with Crippen molar-refractivity contribution in [2.45, 2.75) is 20.0 Å². The van der Waals surface area contributed by atoms with Crippen molar-refractivity contribution in [2.24, 2.45) is 0 Å². The van der Waals surface area contributed by atoms with Crippen molar-refractivity contribution in [2.75, 3.05) is 11.9 Å². The van der Waals surface area contributed by atoms with E-state index in [9.17, 15) is 10.1 Å². The lowest BCUT2D eigenvalue weighted by Crippen LogP contribution is -2.08. The normalized spacial score (nSPS) is 10.1. The van der Waals surface area contributed by atoms with E-state index < -0.39 is 4.92 Å². The van der Waals surface area contributed by atoms with E-state index in [1.165, 1.54) is 6.07 Å². The van der Waals surface area contributed by atoms with Crippen LogP contribution in [0, 0.1) is 10.1 Å². The number of nitro benzene ring substituents is 1. The number of hydrogen-bond acceptors (Lipinski definition) is 4. The fourth-order valence-corrected chi connectivity index (χ4v) is 1.31. The molecule has 0 aliphatic carbocycles. The SMILES string of the molecule is C=CCNc1ccc([N+](=O)[O-])c(OC(C)C)c1. The van der Waals surface area contributed by atoms with Crippen molar-refractivity contribution in [1.29, 1.82) is 0 Å². The van der Waals surface area contributed by atoms with Gasteiger partial charge in [-0.3, -0.25) is 10.1 Å². The zero-order valence-corrected chi connectivity index (χ0v) is 9.97. The molecular weight excluding hydrogens is 220 g/mol. The lowest BCUT2D eigenvalue weighted by atomic mass is 10.2.